The molecule has 1 saturated carbocycles. The zero-order valence-electron chi connectivity index (χ0n) is 13.6. The molecule has 0 spiro atoms. The molecule has 1 rings (SSSR count). The third-order valence-electron chi connectivity index (χ3n) is 4.10. The van der Waals surface area contributed by atoms with Gasteiger partial charge in [-0.15, -0.1) is 0 Å². The summed E-state index contributed by atoms with van der Waals surface area (Å²) in [5.74, 6) is 0. The summed E-state index contributed by atoms with van der Waals surface area (Å²) in [6.45, 7) is 3.44. The van der Waals surface area contributed by atoms with E-state index in [9.17, 15) is 4.79 Å². The molecule has 0 aromatic carbocycles. The molecular weight excluding hydrogens is 264 g/mol. The Hall–Kier alpha value is -0.410. The van der Waals surface area contributed by atoms with Crippen LogP contribution in [0.1, 0.15) is 77.6 Å². The van der Waals surface area contributed by atoms with Crippen molar-refractivity contribution in [1.82, 2.24) is 0 Å². The minimum Gasteiger partial charge on any atom is -0.378 e. The van der Waals surface area contributed by atoms with Crippen molar-refractivity contribution in [3.05, 3.63) is 6.42 Å². The number of ether oxygens (including phenoxy) is 2. The first kappa shape index (κ1) is 18.6. The number of unbranched alkanes of at least 4 members (excludes halogenated alkanes) is 5. The largest absolute Gasteiger partial charge is 0.378 e. The SMILES string of the molecule is CCOC([C]=O)CCCCCCCCOC1CC[CH]CC1. The molecule has 0 heterocycles. The fourth-order valence-electron chi connectivity index (χ4n) is 2.83. The van der Waals surface area contributed by atoms with E-state index in [1.807, 2.05) is 13.2 Å². The van der Waals surface area contributed by atoms with Crippen molar-refractivity contribution >= 4 is 6.29 Å². The molecule has 1 aliphatic carbocycles. The Labute approximate surface area is 130 Å². The maximum absolute atomic E-state index is 10.6. The van der Waals surface area contributed by atoms with E-state index in [1.165, 1.54) is 57.8 Å². The number of carbonyl (C=O) groups excluding carboxylic acids is 1. The number of hydrogen-bond donors (Lipinski definition) is 0. The van der Waals surface area contributed by atoms with Crippen molar-refractivity contribution in [1.29, 1.82) is 0 Å². The summed E-state index contributed by atoms with van der Waals surface area (Å²) in [7, 11) is 0. The molecule has 1 fully saturated rings. The van der Waals surface area contributed by atoms with Gasteiger partial charge in [-0.25, -0.2) is 0 Å². The van der Waals surface area contributed by atoms with Crippen LogP contribution in [0.5, 0.6) is 0 Å². The lowest BCUT2D eigenvalue weighted by Crippen LogP contribution is -2.17. The highest BCUT2D eigenvalue weighted by Crippen LogP contribution is 2.19. The van der Waals surface area contributed by atoms with Crippen LogP contribution in [-0.2, 0) is 14.3 Å². The summed E-state index contributed by atoms with van der Waals surface area (Å²) in [4.78, 5) is 10.6. The fourth-order valence-corrected chi connectivity index (χ4v) is 2.83. The monoisotopic (exact) mass is 296 g/mol. The first-order valence-corrected chi connectivity index (χ1v) is 8.79. The van der Waals surface area contributed by atoms with Crippen molar-refractivity contribution < 1.29 is 14.3 Å². The lowest BCUT2D eigenvalue weighted by molar-refractivity contribution is 0.0325. The van der Waals surface area contributed by atoms with Crippen LogP contribution in [0.25, 0.3) is 0 Å². The Kier molecular flexibility index (Phi) is 11.8. The van der Waals surface area contributed by atoms with Gasteiger partial charge in [0.15, 0.2) is 0 Å². The molecule has 1 aliphatic rings. The highest BCUT2D eigenvalue weighted by Gasteiger charge is 2.13. The lowest BCUT2D eigenvalue weighted by Gasteiger charge is -2.21. The van der Waals surface area contributed by atoms with Crippen LogP contribution >= 0.6 is 0 Å². The first-order valence-electron chi connectivity index (χ1n) is 8.79. The lowest BCUT2D eigenvalue weighted by atomic mass is 9.98. The van der Waals surface area contributed by atoms with E-state index in [0.717, 1.165) is 19.4 Å². The van der Waals surface area contributed by atoms with E-state index in [2.05, 4.69) is 6.42 Å². The van der Waals surface area contributed by atoms with E-state index in [1.54, 1.807) is 0 Å². The summed E-state index contributed by atoms with van der Waals surface area (Å²) >= 11 is 0. The Morgan fingerprint density at radius 3 is 2.43 bits per heavy atom. The molecule has 122 valence electrons. The van der Waals surface area contributed by atoms with Crippen LogP contribution in [0.3, 0.4) is 0 Å². The summed E-state index contributed by atoms with van der Waals surface area (Å²) in [5.41, 5.74) is 0. The van der Waals surface area contributed by atoms with E-state index in [0.29, 0.717) is 12.7 Å². The van der Waals surface area contributed by atoms with Crippen LogP contribution < -0.4 is 0 Å². The molecule has 1 atom stereocenters. The Balaban J connectivity index is 1.80. The van der Waals surface area contributed by atoms with Crippen LogP contribution in [0.4, 0.5) is 0 Å². The average Bonchev–Trinajstić information content (AvgIpc) is 2.53. The molecule has 0 bridgehead atoms. The van der Waals surface area contributed by atoms with E-state index >= 15 is 0 Å². The van der Waals surface area contributed by atoms with Crippen molar-refractivity contribution in [2.75, 3.05) is 13.2 Å². The van der Waals surface area contributed by atoms with Crippen molar-refractivity contribution in [2.24, 2.45) is 0 Å². The normalized spacial score (nSPS) is 17.8. The maximum Gasteiger partial charge on any atom is 0.229 e. The standard InChI is InChI=1S/C18H32O3/c1-2-20-18(16-19)14-8-5-3-4-6-11-15-21-17-12-9-7-10-13-17/h7,17-18H,2-6,8-15H2,1H3. The minimum atomic E-state index is -0.309. The predicted molar refractivity (Wildman–Crippen MR) is 85.9 cm³/mol. The van der Waals surface area contributed by atoms with Gasteiger partial charge in [-0.2, -0.15) is 0 Å². The summed E-state index contributed by atoms with van der Waals surface area (Å²) in [6.07, 6.45) is 17.5. The molecule has 1 unspecified atom stereocenters. The third-order valence-corrected chi connectivity index (χ3v) is 4.10. The summed E-state index contributed by atoms with van der Waals surface area (Å²) in [5, 5.41) is 0. The van der Waals surface area contributed by atoms with Gasteiger partial charge in [0.25, 0.3) is 0 Å². The first-order chi connectivity index (χ1) is 10.4. The predicted octanol–water partition coefficient (Wildman–Crippen LogP) is 4.40. The van der Waals surface area contributed by atoms with Gasteiger partial charge in [0.1, 0.15) is 6.10 Å². The Morgan fingerprint density at radius 1 is 1.10 bits per heavy atom. The summed E-state index contributed by atoms with van der Waals surface area (Å²) < 4.78 is 11.2. The topological polar surface area (TPSA) is 35.5 Å². The fraction of sp³-hybridized carbons (Fsp3) is 0.889. The van der Waals surface area contributed by atoms with E-state index in [-0.39, 0.29) is 6.10 Å². The van der Waals surface area contributed by atoms with Gasteiger partial charge in [0, 0.05) is 13.2 Å². The smallest absolute Gasteiger partial charge is 0.229 e. The van der Waals surface area contributed by atoms with Crippen molar-refractivity contribution in [3.63, 3.8) is 0 Å². The van der Waals surface area contributed by atoms with Gasteiger partial charge >= 0.3 is 0 Å². The number of rotatable bonds is 13. The zero-order chi connectivity index (χ0) is 15.2. The van der Waals surface area contributed by atoms with Crippen LogP contribution in [0.15, 0.2) is 0 Å². The minimum absolute atomic E-state index is 0.309. The van der Waals surface area contributed by atoms with Crippen LogP contribution in [0, 0.1) is 6.42 Å². The molecule has 3 heteroatoms. The van der Waals surface area contributed by atoms with Gasteiger partial charge in [0.2, 0.25) is 6.29 Å². The molecule has 0 aromatic rings. The second-order valence-corrected chi connectivity index (χ2v) is 5.91. The molecule has 0 amide bonds. The molecular formula is C18H32O3. The quantitative estimate of drug-likeness (QED) is 0.473. The summed E-state index contributed by atoms with van der Waals surface area (Å²) in [6, 6.07) is 0. The van der Waals surface area contributed by atoms with Crippen molar-refractivity contribution in [2.45, 2.75) is 89.8 Å². The molecule has 3 nitrogen and oxygen atoms in total. The van der Waals surface area contributed by atoms with Gasteiger partial charge in [-0.1, -0.05) is 32.1 Å². The van der Waals surface area contributed by atoms with E-state index < -0.39 is 0 Å². The Morgan fingerprint density at radius 2 is 1.76 bits per heavy atom. The highest BCUT2D eigenvalue weighted by atomic mass is 16.5. The second-order valence-electron chi connectivity index (χ2n) is 5.91. The highest BCUT2D eigenvalue weighted by molar-refractivity contribution is 5.56. The molecule has 2 radical (unpaired) electrons. The zero-order valence-corrected chi connectivity index (χ0v) is 13.6. The van der Waals surface area contributed by atoms with Crippen LogP contribution in [0.2, 0.25) is 0 Å². The number of hydrogen-bond acceptors (Lipinski definition) is 3. The molecule has 0 saturated heterocycles. The molecule has 21 heavy (non-hydrogen) atoms. The maximum atomic E-state index is 10.6. The molecule has 0 aliphatic heterocycles. The van der Waals surface area contributed by atoms with Gasteiger partial charge in [0.05, 0.1) is 6.10 Å². The van der Waals surface area contributed by atoms with Crippen LogP contribution in [-0.4, -0.2) is 31.7 Å². The van der Waals surface area contributed by atoms with Gasteiger partial charge in [-0.3, -0.25) is 4.79 Å². The Bertz CT molecular complexity index is 237. The third kappa shape index (κ3) is 10.0. The molecule has 0 N–H and O–H groups in total. The van der Waals surface area contributed by atoms with Gasteiger partial charge in [-0.05, 0) is 51.9 Å². The second kappa shape index (κ2) is 13.3. The average molecular weight is 296 g/mol. The van der Waals surface area contributed by atoms with E-state index in [4.69, 9.17) is 9.47 Å². The van der Waals surface area contributed by atoms with Gasteiger partial charge < -0.3 is 9.47 Å². The molecule has 0 aromatic heterocycles. The van der Waals surface area contributed by atoms with Crippen molar-refractivity contribution in [3.8, 4) is 0 Å².